The standard InChI is InChI=1S/C25H26Cl2N2O4/c1-16-15-22(31)33-25-18(16)7-8-21(23(25)17(2)30)32-14-4-9-28-10-12-29(13-11-28)20-6-3-5-19(26)24(20)27/h3,5-8,15H,4,9-14H2,1-2H3. The fraction of sp³-hybridized carbons (Fsp3) is 0.360. The number of benzene rings is 2. The quantitative estimate of drug-likeness (QED) is 0.258. The zero-order valence-corrected chi connectivity index (χ0v) is 20.2. The van der Waals surface area contributed by atoms with Crippen LogP contribution in [0.3, 0.4) is 0 Å². The van der Waals surface area contributed by atoms with E-state index < -0.39 is 5.63 Å². The molecule has 0 spiro atoms. The average Bonchev–Trinajstić information content (AvgIpc) is 2.78. The molecule has 1 aliphatic heterocycles. The third-order valence-electron chi connectivity index (χ3n) is 5.95. The number of Topliss-reactive ketones (excluding diaryl/α,β-unsaturated/α-hetero) is 1. The number of carbonyl (C=O) groups is 1. The predicted molar refractivity (Wildman–Crippen MR) is 132 cm³/mol. The summed E-state index contributed by atoms with van der Waals surface area (Å²) in [4.78, 5) is 28.8. The molecule has 0 saturated carbocycles. The van der Waals surface area contributed by atoms with Crippen molar-refractivity contribution in [3.63, 3.8) is 0 Å². The minimum absolute atomic E-state index is 0.194. The molecule has 0 bridgehead atoms. The zero-order valence-electron chi connectivity index (χ0n) is 18.7. The van der Waals surface area contributed by atoms with Gasteiger partial charge in [0.2, 0.25) is 0 Å². The van der Waals surface area contributed by atoms with Gasteiger partial charge in [-0.15, -0.1) is 0 Å². The summed E-state index contributed by atoms with van der Waals surface area (Å²) in [5.74, 6) is 0.254. The van der Waals surface area contributed by atoms with E-state index in [0.29, 0.717) is 33.5 Å². The van der Waals surface area contributed by atoms with Crippen LogP contribution in [-0.4, -0.2) is 50.0 Å². The van der Waals surface area contributed by atoms with Crippen LogP contribution in [0.2, 0.25) is 10.0 Å². The van der Waals surface area contributed by atoms with Gasteiger partial charge in [0.25, 0.3) is 0 Å². The number of anilines is 1. The minimum atomic E-state index is -0.474. The SMILES string of the molecule is CC(=O)c1c(OCCCN2CCN(c3cccc(Cl)c3Cl)CC2)ccc2c(C)cc(=O)oc12. The predicted octanol–water partition coefficient (Wildman–Crippen LogP) is 5.20. The van der Waals surface area contributed by atoms with E-state index in [0.717, 1.165) is 55.8 Å². The van der Waals surface area contributed by atoms with Gasteiger partial charge in [0.1, 0.15) is 11.3 Å². The highest BCUT2D eigenvalue weighted by Gasteiger charge is 2.20. The van der Waals surface area contributed by atoms with Gasteiger partial charge in [0.05, 0.1) is 22.3 Å². The van der Waals surface area contributed by atoms with Crippen molar-refractivity contribution in [2.75, 3.05) is 44.2 Å². The molecule has 0 unspecified atom stereocenters. The first-order chi connectivity index (χ1) is 15.8. The monoisotopic (exact) mass is 488 g/mol. The Labute approximate surface area is 202 Å². The minimum Gasteiger partial charge on any atom is -0.493 e. The Morgan fingerprint density at radius 1 is 1.12 bits per heavy atom. The molecule has 8 heteroatoms. The molecule has 1 aromatic heterocycles. The number of piperazine rings is 1. The van der Waals surface area contributed by atoms with Crippen LogP contribution in [0.15, 0.2) is 45.6 Å². The zero-order chi connectivity index (χ0) is 23.5. The van der Waals surface area contributed by atoms with Gasteiger partial charge in [-0.25, -0.2) is 4.79 Å². The van der Waals surface area contributed by atoms with Crippen molar-refractivity contribution in [1.29, 1.82) is 0 Å². The van der Waals surface area contributed by atoms with Gasteiger partial charge < -0.3 is 14.1 Å². The van der Waals surface area contributed by atoms with Crippen molar-refractivity contribution in [2.24, 2.45) is 0 Å². The van der Waals surface area contributed by atoms with E-state index in [2.05, 4.69) is 9.80 Å². The maximum absolute atomic E-state index is 12.3. The van der Waals surface area contributed by atoms with E-state index in [1.165, 1.54) is 13.0 Å². The molecule has 1 aliphatic rings. The number of nitrogens with zero attached hydrogens (tertiary/aromatic N) is 2. The maximum atomic E-state index is 12.3. The molecule has 0 aliphatic carbocycles. The second-order valence-corrected chi connectivity index (χ2v) is 9.01. The number of aryl methyl sites for hydroxylation is 1. The topological polar surface area (TPSA) is 63.0 Å². The fourth-order valence-corrected chi connectivity index (χ4v) is 4.65. The number of rotatable bonds is 7. The molecule has 3 aromatic rings. The van der Waals surface area contributed by atoms with Gasteiger partial charge in [0.15, 0.2) is 11.4 Å². The number of hydrogen-bond donors (Lipinski definition) is 0. The Balaban J connectivity index is 1.33. The summed E-state index contributed by atoms with van der Waals surface area (Å²) in [5.41, 5.74) is 1.88. The Kier molecular flexibility index (Phi) is 7.27. The highest BCUT2D eigenvalue weighted by molar-refractivity contribution is 6.43. The van der Waals surface area contributed by atoms with Crippen LogP contribution in [0.5, 0.6) is 5.75 Å². The fourth-order valence-electron chi connectivity index (χ4n) is 4.24. The summed E-state index contributed by atoms with van der Waals surface area (Å²) >= 11 is 12.5. The number of hydrogen-bond acceptors (Lipinski definition) is 6. The van der Waals surface area contributed by atoms with E-state index in [-0.39, 0.29) is 5.78 Å². The molecule has 33 heavy (non-hydrogen) atoms. The highest BCUT2D eigenvalue weighted by Crippen LogP contribution is 2.33. The van der Waals surface area contributed by atoms with Gasteiger partial charge >= 0.3 is 5.63 Å². The first-order valence-electron chi connectivity index (χ1n) is 11.0. The smallest absolute Gasteiger partial charge is 0.336 e. The lowest BCUT2D eigenvalue weighted by Gasteiger charge is -2.36. The first kappa shape index (κ1) is 23.6. The molecule has 1 fully saturated rings. The first-order valence-corrected chi connectivity index (χ1v) is 11.7. The molecule has 2 aromatic carbocycles. The van der Waals surface area contributed by atoms with E-state index in [9.17, 15) is 9.59 Å². The summed E-state index contributed by atoms with van der Waals surface area (Å²) in [5, 5.41) is 1.91. The van der Waals surface area contributed by atoms with Gasteiger partial charge in [-0.3, -0.25) is 9.69 Å². The lowest BCUT2D eigenvalue weighted by atomic mass is 10.0. The van der Waals surface area contributed by atoms with Crippen LogP contribution < -0.4 is 15.3 Å². The molecule has 4 rings (SSSR count). The summed E-state index contributed by atoms with van der Waals surface area (Å²) in [7, 11) is 0. The molecular weight excluding hydrogens is 463 g/mol. The van der Waals surface area contributed by atoms with Crippen molar-refractivity contribution in [2.45, 2.75) is 20.3 Å². The van der Waals surface area contributed by atoms with Crippen LogP contribution in [0.4, 0.5) is 5.69 Å². The molecule has 174 valence electrons. The lowest BCUT2D eigenvalue weighted by molar-refractivity contribution is 0.101. The van der Waals surface area contributed by atoms with E-state index in [1.807, 2.05) is 25.1 Å². The number of carbonyl (C=O) groups excluding carboxylic acids is 1. The van der Waals surface area contributed by atoms with Crippen molar-refractivity contribution in [1.82, 2.24) is 4.90 Å². The second-order valence-electron chi connectivity index (χ2n) is 8.22. The van der Waals surface area contributed by atoms with Crippen molar-refractivity contribution < 1.29 is 13.9 Å². The summed E-state index contributed by atoms with van der Waals surface area (Å²) in [6.07, 6.45) is 0.811. The van der Waals surface area contributed by atoms with E-state index >= 15 is 0 Å². The van der Waals surface area contributed by atoms with Crippen molar-refractivity contribution >= 4 is 45.6 Å². The van der Waals surface area contributed by atoms with Crippen LogP contribution in [-0.2, 0) is 0 Å². The average molecular weight is 489 g/mol. The number of halogens is 2. The van der Waals surface area contributed by atoms with Crippen molar-refractivity contribution in [3.8, 4) is 5.75 Å². The van der Waals surface area contributed by atoms with Gasteiger partial charge in [0, 0.05) is 44.2 Å². The van der Waals surface area contributed by atoms with Crippen LogP contribution in [0.25, 0.3) is 11.0 Å². The largest absolute Gasteiger partial charge is 0.493 e. The Hall–Kier alpha value is -2.54. The van der Waals surface area contributed by atoms with Gasteiger partial charge in [-0.2, -0.15) is 0 Å². The number of ether oxygens (including phenoxy) is 1. The van der Waals surface area contributed by atoms with Gasteiger partial charge in [-0.05, 0) is 50.1 Å². The van der Waals surface area contributed by atoms with E-state index in [1.54, 1.807) is 12.1 Å². The molecule has 1 saturated heterocycles. The van der Waals surface area contributed by atoms with Crippen LogP contribution in [0.1, 0.15) is 29.3 Å². The second kappa shape index (κ2) is 10.2. The number of ketones is 1. The van der Waals surface area contributed by atoms with E-state index in [4.69, 9.17) is 32.4 Å². The molecule has 0 radical (unpaired) electrons. The van der Waals surface area contributed by atoms with Gasteiger partial charge in [-0.1, -0.05) is 29.3 Å². The van der Waals surface area contributed by atoms with Crippen LogP contribution in [0, 0.1) is 6.92 Å². The molecule has 0 amide bonds. The Morgan fingerprint density at radius 3 is 2.61 bits per heavy atom. The lowest BCUT2D eigenvalue weighted by Crippen LogP contribution is -2.46. The molecular formula is C25H26Cl2N2O4. The molecule has 0 atom stereocenters. The Bertz CT molecular complexity index is 1230. The normalized spacial score (nSPS) is 14.6. The van der Waals surface area contributed by atoms with Crippen molar-refractivity contribution in [3.05, 3.63) is 68.0 Å². The maximum Gasteiger partial charge on any atom is 0.336 e. The summed E-state index contributed by atoms with van der Waals surface area (Å²) < 4.78 is 11.3. The molecule has 2 heterocycles. The highest BCUT2D eigenvalue weighted by atomic mass is 35.5. The third-order valence-corrected chi connectivity index (χ3v) is 6.76. The Morgan fingerprint density at radius 2 is 1.88 bits per heavy atom. The number of fused-ring (bicyclic) bond motifs is 1. The third kappa shape index (κ3) is 5.18. The summed E-state index contributed by atoms with van der Waals surface area (Å²) in [6.45, 7) is 8.21. The molecule has 6 nitrogen and oxygen atoms in total. The summed E-state index contributed by atoms with van der Waals surface area (Å²) in [6, 6.07) is 10.7. The molecule has 0 N–H and O–H groups in total. The van der Waals surface area contributed by atoms with Crippen LogP contribution >= 0.6 is 23.2 Å².